The number of carboxylic acids is 1. The van der Waals surface area contributed by atoms with Crippen molar-refractivity contribution in [1.29, 1.82) is 0 Å². The summed E-state index contributed by atoms with van der Waals surface area (Å²) in [7, 11) is 0. The molecule has 1 aromatic carbocycles. The van der Waals surface area contributed by atoms with Crippen molar-refractivity contribution in [3.8, 4) is 0 Å². The van der Waals surface area contributed by atoms with Crippen LogP contribution in [0.5, 0.6) is 0 Å². The van der Waals surface area contributed by atoms with Gasteiger partial charge in [-0.1, -0.05) is 30.3 Å². The molecule has 3 heteroatoms. The molecule has 0 radical (unpaired) electrons. The minimum absolute atomic E-state index is 0. The zero-order valence-corrected chi connectivity index (χ0v) is 9.12. The van der Waals surface area contributed by atoms with Crippen LogP contribution in [0.15, 0.2) is 43.5 Å². The third-order valence-electron chi connectivity index (χ3n) is 1.01. The van der Waals surface area contributed by atoms with Gasteiger partial charge >= 0.3 is 29.6 Å². The van der Waals surface area contributed by atoms with Crippen LogP contribution in [0.2, 0.25) is 0 Å². The molecule has 0 aliphatic heterocycles. The second-order valence-electron chi connectivity index (χ2n) is 1.65. The van der Waals surface area contributed by atoms with Gasteiger partial charge in [-0.25, -0.2) is 0 Å². The summed E-state index contributed by atoms with van der Waals surface area (Å²) in [6.07, 6.45) is 0. The molecule has 0 fully saturated rings. The maximum Gasteiger partial charge on any atom is 1.00 e. The Hall–Kier alpha value is -0.570. The van der Waals surface area contributed by atoms with Crippen molar-refractivity contribution in [1.82, 2.24) is 0 Å². The first-order chi connectivity index (χ1) is 5.30. The van der Waals surface area contributed by atoms with E-state index in [4.69, 9.17) is 0 Å². The number of hydrogen-bond acceptors (Lipinski definition) is 2. The van der Waals surface area contributed by atoms with Crippen LogP contribution in [0.3, 0.4) is 0 Å². The molecule has 0 aromatic heterocycles. The first kappa shape index (κ1) is 14.0. The molecule has 0 bridgehead atoms. The Kier molecular flexibility index (Phi) is 9.93. The Balaban J connectivity index is 0. The van der Waals surface area contributed by atoms with Crippen molar-refractivity contribution < 1.29 is 39.5 Å². The van der Waals surface area contributed by atoms with E-state index in [9.17, 15) is 9.90 Å². The van der Waals surface area contributed by atoms with Gasteiger partial charge < -0.3 is 9.90 Å². The Labute approximate surface area is 94.2 Å². The Bertz CT molecular complexity index is 221. The summed E-state index contributed by atoms with van der Waals surface area (Å²) in [5.74, 6) is -1.13. The summed E-state index contributed by atoms with van der Waals surface area (Å²) in [4.78, 5) is 10.1. The van der Waals surface area contributed by atoms with Gasteiger partial charge in [0.15, 0.2) is 0 Å². The Morgan fingerprint density at radius 2 is 1.58 bits per heavy atom. The first-order valence-electron chi connectivity index (χ1n) is 3.07. The van der Waals surface area contributed by atoms with E-state index >= 15 is 0 Å². The largest absolute Gasteiger partial charge is 1.00 e. The molecule has 2 nitrogen and oxygen atoms in total. The number of aromatic carboxylic acids is 1. The molecule has 0 N–H and O–H groups in total. The minimum atomic E-state index is -1.13. The summed E-state index contributed by atoms with van der Waals surface area (Å²) in [5.41, 5.74) is 0.220. The normalized spacial score (nSPS) is 7.00. The topological polar surface area (TPSA) is 40.1 Å². The average molecular weight is 172 g/mol. The van der Waals surface area contributed by atoms with Gasteiger partial charge in [0, 0.05) is 0 Å². The van der Waals surface area contributed by atoms with Crippen LogP contribution in [-0.4, -0.2) is 5.97 Å². The average Bonchev–Trinajstić information content (AvgIpc) is 2.10. The van der Waals surface area contributed by atoms with Crippen molar-refractivity contribution in [3.05, 3.63) is 49.1 Å². The number of carbonyl (C=O) groups is 1. The van der Waals surface area contributed by atoms with E-state index < -0.39 is 5.97 Å². The van der Waals surface area contributed by atoms with Gasteiger partial charge in [0.05, 0.1) is 5.97 Å². The second kappa shape index (κ2) is 8.53. The van der Waals surface area contributed by atoms with Crippen LogP contribution >= 0.6 is 0 Å². The molecular formula is C9H9NaO2. The molecule has 58 valence electrons. The van der Waals surface area contributed by atoms with E-state index in [0.717, 1.165) is 0 Å². The number of carbonyl (C=O) groups excluding carboxylic acids is 1. The number of rotatable bonds is 1. The standard InChI is InChI=1S/C7H6O2.C2H4.Na/c8-7(9)6-4-2-1-3-5-6;1-2;/h1-5H,(H,8,9);1-2H2;/q;;+1/p-1. The van der Waals surface area contributed by atoms with E-state index in [-0.39, 0.29) is 35.1 Å². The first-order valence-corrected chi connectivity index (χ1v) is 3.07. The van der Waals surface area contributed by atoms with Gasteiger partial charge in [-0.3, -0.25) is 0 Å². The van der Waals surface area contributed by atoms with Gasteiger partial charge in [0.25, 0.3) is 0 Å². The van der Waals surface area contributed by atoms with Crippen LogP contribution in [0.25, 0.3) is 0 Å². The van der Waals surface area contributed by atoms with Crippen LogP contribution in [0, 0.1) is 0 Å². The van der Waals surface area contributed by atoms with Crippen molar-refractivity contribution in [2.24, 2.45) is 0 Å². The predicted molar refractivity (Wildman–Crippen MR) is 42.0 cm³/mol. The summed E-state index contributed by atoms with van der Waals surface area (Å²) in [6, 6.07) is 8.06. The van der Waals surface area contributed by atoms with Gasteiger partial charge in [0.1, 0.15) is 0 Å². The van der Waals surface area contributed by atoms with Gasteiger partial charge in [-0.05, 0) is 5.56 Å². The molecule has 0 saturated carbocycles. The van der Waals surface area contributed by atoms with Crippen LogP contribution < -0.4 is 34.7 Å². The zero-order chi connectivity index (χ0) is 8.69. The molecule has 12 heavy (non-hydrogen) atoms. The Morgan fingerprint density at radius 1 is 1.17 bits per heavy atom. The second-order valence-corrected chi connectivity index (χ2v) is 1.65. The molecule has 0 aliphatic rings. The fraction of sp³-hybridized carbons (Fsp3) is 0. The maximum atomic E-state index is 10.1. The van der Waals surface area contributed by atoms with Gasteiger partial charge in [-0.2, -0.15) is 0 Å². The monoisotopic (exact) mass is 172 g/mol. The van der Waals surface area contributed by atoms with Crippen molar-refractivity contribution in [3.63, 3.8) is 0 Å². The summed E-state index contributed by atoms with van der Waals surface area (Å²) in [6.45, 7) is 6.00. The molecule has 0 unspecified atom stereocenters. The molecule has 1 rings (SSSR count). The predicted octanol–water partition coefficient (Wildman–Crippen LogP) is -2.14. The molecule has 1 aromatic rings. The van der Waals surface area contributed by atoms with Crippen LogP contribution in [0.4, 0.5) is 0 Å². The van der Waals surface area contributed by atoms with Crippen LogP contribution in [0.1, 0.15) is 10.4 Å². The summed E-state index contributed by atoms with van der Waals surface area (Å²) < 4.78 is 0. The summed E-state index contributed by atoms with van der Waals surface area (Å²) in [5, 5.41) is 10.1. The van der Waals surface area contributed by atoms with E-state index in [2.05, 4.69) is 13.2 Å². The van der Waals surface area contributed by atoms with E-state index in [1.54, 1.807) is 18.2 Å². The van der Waals surface area contributed by atoms with Crippen LogP contribution in [-0.2, 0) is 0 Å². The van der Waals surface area contributed by atoms with Gasteiger partial charge in [-0.15, -0.1) is 13.2 Å². The molecule has 0 saturated heterocycles. The molecule has 0 amide bonds. The minimum Gasteiger partial charge on any atom is -0.545 e. The van der Waals surface area contributed by atoms with Crippen molar-refractivity contribution in [2.45, 2.75) is 0 Å². The fourth-order valence-corrected chi connectivity index (χ4v) is 0.574. The quantitative estimate of drug-likeness (QED) is 0.358. The fourth-order valence-electron chi connectivity index (χ4n) is 0.574. The SMILES string of the molecule is C=C.O=C([O-])c1ccccc1.[Na+]. The number of benzene rings is 1. The molecule has 0 heterocycles. The van der Waals surface area contributed by atoms with E-state index in [1.807, 2.05) is 0 Å². The maximum absolute atomic E-state index is 10.1. The Morgan fingerprint density at radius 3 is 1.83 bits per heavy atom. The molecule has 0 spiro atoms. The zero-order valence-electron chi connectivity index (χ0n) is 7.12. The molecule has 0 atom stereocenters. The van der Waals surface area contributed by atoms with Gasteiger partial charge in [0.2, 0.25) is 0 Å². The third-order valence-corrected chi connectivity index (χ3v) is 1.01. The third kappa shape index (κ3) is 5.13. The summed E-state index contributed by atoms with van der Waals surface area (Å²) >= 11 is 0. The van der Waals surface area contributed by atoms with E-state index in [1.165, 1.54) is 12.1 Å². The van der Waals surface area contributed by atoms with Crippen molar-refractivity contribution >= 4 is 5.97 Å². The smallest absolute Gasteiger partial charge is 0.545 e. The molecule has 0 aliphatic carbocycles. The number of carboxylic acid groups (broad SMARTS) is 1. The molecular weight excluding hydrogens is 163 g/mol. The van der Waals surface area contributed by atoms with Crippen molar-refractivity contribution in [2.75, 3.05) is 0 Å². The van der Waals surface area contributed by atoms with E-state index in [0.29, 0.717) is 0 Å². The number of hydrogen-bond donors (Lipinski definition) is 0.